The molecular weight excluding hydrogens is 324 g/mol. The lowest BCUT2D eigenvalue weighted by Gasteiger charge is -2.31. The number of benzene rings is 2. The number of amides is 2. The third-order valence-corrected chi connectivity index (χ3v) is 3.84. The van der Waals surface area contributed by atoms with Crippen molar-refractivity contribution in [2.45, 2.75) is 32.7 Å². The van der Waals surface area contributed by atoms with E-state index in [1.807, 2.05) is 75.4 Å². The summed E-state index contributed by atoms with van der Waals surface area (Å²) in [4.78, 5) is 18.4. The lowest BCUT2D eigenvalue weighted by molar-refractivity contribution is 0.113. The number of para-hydroxylation sites is 1. The van der Waals surface area contributed by atoms with Gasteiger partial charge in [0.25, 0.3) is 0 Å². The molecule has 0 heterocycles. The Morgan fingerprint density at radius 2 is 1.75 bits per heavy atom. The molecule has 0 aromatic heterocycles. The summed E-state index contributed by atoms with van der Waals surface area (Å²) >= 11 is 5.94. The summed E-state index contributed by atoms with van der Waals surface area (Å²) in [6, 6.07) is 16.4. The zero-order valence-electron chi connectivity index (χ0n) is 14.3. The predicted octanol–water partition coefficient (Wildman–Crippen LogP) is 5.13. The van der Waals surface area contributed by atoms with E-state index in [0.29, 0.717) is 17.3 Å². The largest absolute Gasteiger partial charge is 0.346 e. The first kappa shape index (κ1) is 18.3. The van der Waals surface area contributed by atoms with Crippen LogP contribution in [0.4, 0.5) is 10.5 Å². The van der Waals surface area contributed by atoms with Gasteiger partial charge in [-0.15, -0.1) is 0 Å². The van der Waals surface area contributed by atoms with Gasteiger partial charge >= 0.3 is 6.03 Å². The molecule has 0 radical (unpaired) electrons. The van der Waals surface area contributed by atoms with Crippen molar-refractivity contribution in [1.82, 2.24) is 5.32 Å². The van der Waals surface area contributed by atoms with Crippen molar-refractivity contribution in [3.8, 4) is 0 Å². The van der Waals surface area contributed by atoms with E-state index in [1.165, 1.54) is 5.06 Å². The molecule has 2 aromatic carbocycles. The molecule has 5 heteroatoms. The highest BCUT2D eigenvalue weighted by molar-refractivity contribution is 6.30. The van der Waals surface area contributed by atoms with Gasteiger partial charge in [0, 0.05) is 5.02 Å². The van der Waals surface area contributed by atoms with Gasteiger partial charge in [-0.2, -0.15) is 5.06 Å². The van der Waals surface area contributed by atoms with Crippen LogP contribution in [0.15, 0.2) is 54.6 Å². The molecule has 128 valence electrons. The third kappa shape index (κ3) is 4.73. The first-order chi connectivity index (χ1) is 11.4. The molecule has 0 bridgehead atoms. The van der Waals surface area contributed by atoms with Crippen molar-refractivity contribution in [2.75, 3.05) is 11.7 Å². The Kier molecular flexibility index (Phi) is 6.23. The minimum Gasteiger partial charge on any atom is -0.327 e. The number of halogens is 1. The van der Waals surface area contributed by atoms with Gasteiger partial charge in [0.2, 0.25) is 0 Å². The number of rotatable bonds is 6. The smallest absolute Gasteiger partial charge is 0.327 e. The Labute approximate surface area is 148 Å². The molecular formula is C19H23ClN2O2. The molecule has 0 saturated carbocycles. The maximum atomic E-state index is 12.8. The van der Waals surface area contributed by atoms with Crippen LogP contribution in [0.5, 0.6) is 0 Å². The number of carbonyl (C=O) groups is 1. The fourth-order valence-electron chi connectivity index (χ4n) is 2.25. The topological polar surface area (TPSA) is 41.6 Å². The molecule has 2 rings (SSSR count). The van der Waals surface area contributed by atoms with Crippen LogP contribution in [0.25, 0.3) is 0 Å². The molecule has 4 nitrogen and oxygen atoms in total. The maximum absolute atomic E-state index is 12.8. The summed E-state index contributed by atoms with van der Waals surface area (Å²) in [6.07, 6.45) is 0.817. The van der Waals surface area contributed by atoms with Gasteiger partial charge in [0.15, 0.2) is 0 Å². The molecule has 0 fully saturated rings. The quantitative estimate of drug-likeness (QED) is 0.736. The second-order valence-electron chi connectivity index (χ2n) is 6.03. The summed E-state index contributed by atoms with van der Waals surface area (Å²) in [5.41, 5.74) is 1.09. The minimum absolute atomic E-state index is 0.311. The van der Waals surface area contributed by atoms with E-state index in [9.17, 15) is 4.79 Å². The number of anilines is 1. The minimum atomic E-state index is -0.565. The Balaban J connectivity index is 2.18. The van der Waals surface area contributed by atoms with Crippen molar-refractivity contribution < 1.29 is 9.63 Å². The molecule has 0 aliphatic carbocycles. The van der Waals surface area contributed by atoms with Crippen LogP contribution in [-0.2, 0) is 10.4 Å². The molecule has 1 N–H and O–H groups in total. The standard InChI is InChI=1S/C19H23ClN2O2/c1-4-14-24-22(17-8-6-5-7-9-17)18(23)21-19(2,3)15-10-12-16(20)13-11-15/h5-13H,4,14H2,1-3H3,(H,21,23). The van der Waals surface area contributed by atoms with Crippen molar-refractivity contribution in [1.29, 1.82) is 0 Å². The van der Waals surface area contributed by atoms with E-state index in [2.05, 4.69) is 5.32 Å². The normalized spacial score (nSPS) is 11.2. The van der Waals surface area contributed by atoms with Gasteiger partial charge in [-0.25, -0.2) is 4.79 Å². The molecule has 0 atom stereocenters. The van der Waals surface area contributed by atoms with E-state index in [1.54, 1.807) is 0 Å². The molecule has 0 aliphatic rings. The van der Waals surface area contributed by atoms with E-state index in [4.69, 9.17) is 16.4 Å². The zero-order valence-corrected chi connectivity index (χ0v) is 15.0. The van der Waals surface area contributed by atoms with Crippen LogP contribution >= 0.6 is 11.6 Å². The first-order valence-electron chi connectivity index (χ1n) is 8.00. The zero-order chi connectivity index (χ0) is 17.6. The van der Waals surface area contributed by atoms with Gasteiger partial charge in [-0.3, -0.25) is 4.84 Å². The molecule has 0 spiro atoms. The maximum Gasteiger partial charge on any atom is 0.346 e. The van der Waals surface area contributed by atoms with E-state index in [0.717, 1.165) is 12.0 Å². The second kappa shape index (κ2) is 8.18. The van der Waals surface area contributed by atoms with E-state index in [-0.39, 0.29) is 6.03 Å². The van der Waals surface area contributed by atoms with Crippen LogP contribution < -0.4 is 10.4 Å². The highest BCUT2D eigenvalue weighted by Gasteiger charge is 2.27. The molecule has 0 aliphatic heterocycles. The Morgan fingerprint density at radius 1 is 1.12 bits per heavy atom. The SMILES string of the molecule is CCCON(C(=O)NC(C)(C)c1ccc(Cl)cc1)c1ccccc1. The Morgan fingerprint density at radius 3 is 2.33 bits per heavy atom. The van der Waals surface area contributed by atoms with E-state index >= 15 is 0 Å². The summed E-state index contributed by atoms with van der Waals surface area (Å²) in [6.45, 7) is 6.34. The van der Waals surface area contributed by atoms with Crippen LogP contribution in [0.2, 0.25) is 5.02 Å². The number of hydrogen-bond donors (Lipinski definition) is 1. The average molecular weight is 347 g/mol. The van der Waals surface area contributed by atoms with Crippen molar-refractivity contribution in [2.24, 2.45) is 0 Å². The number of nitrogens with one attached hydrogen (secondary N) is 1. The van der Waals surface area contributed by atoms with Crippen LogP contribution in [0.1, 0.15) is 32.8 Å². The van der Waals surface area contributed by atoms with E-state index < -0.39 is 5.54 Å². The molecule has 24 heavy (non-hydrogen) atoms. The molecule has 0 unspecified atom stereocenters. The van der Waals surface area contributed by atoms with Crippen molar-refractivity contribution in [3.05, 3.63) is 65.2 Å². The van der Waals surface area contributed by atoms with Gasteiger partial charge in [-0.05, 0) is 50.1 Å². The molecule has 0 saturated heterocycles. The monoisotopic (exact) mass is 346 g/mol. The number of urea groups is 1. The van der Waals surface area contributed by atoms with Crippen molar-refractivity contribution >= 4 is 23.3 Å². The highest BCUT2D eigenvalue weighted by atomic mass is 35.5. The molecule has 2 aromatic rings. The Bertz CT molecular complexity index is 657. The van der Waals surface area contributed by atoms with Gasteiger partial charge in [0.1, 0.15) is 0 Å². The van der Waals surface area contributed by atoms with Gasteiger partial charge in [0.05, 0.1) is 17.8 Å². The average Bonchev–Trinajstić information content (AvgIpc) is 2.56. The second-order valence-corrected chi connectivity index (χ2v) is 6.46. The highest BCUT2D eigenvalue weighted by Crippen LogP contribution is 2.23. The fraction of sp³-hybridized carbons (Fsp3) is 0.316. The number of hydrogen-bond acceptors (Lipinski definition) is 2. The number of carbonyl (C=O) groups excluding carboxylic acids is 1. The lowest BCUT2D eigenvalue weighted by Crippen LogP contribution is -2.48. The summed E-state index contributed by atoms with van der Waals surface area (Å²) in [5.74, 6) is 0. The predicted molar refractivity (Wildman–Crippen MR) is 98.2 cm³/mol. The van der Waals surface area contributed by atoms with Crippen LogP contribution in [-0.4, -0.2) is 12.6 Å². The summed E-state index contributed by atoms with van der Waals surface area (Å²) < 4.78 is 0. The molecule has 2 amide bonds. The summed E-state index contributed by atoms with van der Waals surface area (Å²) in [7, 11) is 0. The van der Waals surface area contributed by atoms with Crippen LogP contribution in [0, 0.1) is 0 Å². The fourth-order valence-corrected chi connectivity index (χ4v) is 2.38. The first-order valence-corrected chi connectivity index (χ1v) is 8.38. The lowest BCUT2D eigenvalue weighted by atomic mass is 9.94. The van der Waals surface area contributed by atoms with Crippen LogP contribution in [0.3, 0.4) is 0 Å². The Hall–Kier alpha value is -2.04. The summed E-state index contributed by atoms with van der Waals surface area (Å²) in [5, 5.41) is 4.99. The van der Waals surface area contributed by atoms with Gasteiger partial charge in [-0.1, -0.05) is 48.9 Å². The van der Waals surface area contributed by atoms with Gasteiger partial charge < -0.3 is 5.32 Å². The third-order valence-electron chi connectivity index (χ3n) is 3.59. The number of nitrogens with zero attached hydrogens (tertiary/aromatic N) is 1. The van der Waals surface area contributed by atoms with Crippen molar-refractivity contribution in [3.63, 3.8) is 0 Å². The number of hydroxylamine groups is 1.